The average Bonchev–Trinajstić information content (AvgIpc) is 2.74. The zero-order chi connectivity index (χ0) is 13.3. The fourth-order valence-electron chi connectivity index (χ4n) is 2.34. The molecule has 1 aromatic carbocycles. The smallest absolute Gasteiger partial charge is 0.340 e. The third kappa shape index (κ3) is 1.88. The van der Waals surface area contributed by atoms with Gasteiger partial charge in [-0.15, -0.1) is 0 Å². The first-order valence-electron chi connectivity index (χ1n) is 5.88. The molecule has 4 heteroatoms. The van der Waals surface area contributed by atoms with Crippen molar-refractivity contribution in [3.63, 3.8) is 0 Å². The Labute approximate surface area is 106 Å². The number of carbonyl (C=O) groups is 1. The summed E-state index contributed by atoms with van der Waals surface area (Å²) in [5.41, 5.74) is 3.67. The van der Waals surface area contributed by atoms with E-state index < -0.39 is 0 Å². The number of benzene rings is 1. The molecule has 0 fully saturated rings. The molecule has 2 aromatic rings. The van der Waals surface area contributed by atoms with Crippen LogP contribution < -0.4 is 0 Å². The largest absolute Gasteiger partial charge is 0.465 e. The predicted molar refractivity (Wildman–Crippen MR) is 69.8 cm³/mol. The molecule has 0 atom stereocenters. The number of esters is 1. The van der Waals surface area contributed by atoms with Crippen molar-refractivity contribution < 1.29 is 14.6 Å². The second-order valence-corrected chi connectivity index (χ2v) is 4.37. The van der Waals surface area contributed by atoms with Crippen LogP contribution in [0.1, 0.15) is 21.5 Å². The number of hydrogen-bond donors (Lipinski definition) is 1. The summed E-state index contributed by atoms with van der Waals surface area (Å²) in [6.45, 7) is 4.48. The minimum absolute atomic E-state index is 0.0395. The van der Waals surface area contributed by atoms with E-state index in [4.69, 9.17) is 9.84 Å². The first-order valence-corrected chi connectivity index (χ1v) is 5.88. The molecule has 1 aromatic heterocycles. The molecule has 0 saturated heterocycles. The van der Waals surface area contributed by atoms with Crippen molar-refractivity contribution >= 4 is 16.9 Å². The van der Waals surface area contributed by atoms with E-state index in [1.807, 2.05) is 30.5 Å². The number of aryl methyl sites for hydroxylation is 2. The average molecular weight is 247 g/mol. The van der Waals surface area contributed by atoms with Crippen molar-refractivity contribution in [2.45, 2.75) is 20.4 Å². The number of carbonyl (C=O) groups excluding carboxylic acids is 1. The fourth-order valence-corrected chi connectivity index (χ4v) is 2.34. The molecule has 0 unspecified atom stereocenters. The standard InChI is InChI=1S/C14H17NO3/c1-9-4-5-10(2)13-12(9)11(14(17)18-3)8-15(13)6-7-16/h4-5,8,16H,6-7H2,1-3H3. The molecule has 0 aliphatic heterocycles. The van der Waals surface area contributed by atoms with Gasteiger partial charge in [0, 0.05) is 18.1 Å². The summed E-state index contributed by atoms with van der Waals surface area (Å²) in [6.07, 6.45) is 1.76. The number of aliphatic hydroxyl groups excluding tert-OH is 1. The summed E-state index contributed by atoms with van der Waals surface area (Å²) in [4.78, 5) is 11.8. The second-order valence-electron chi connectivity index (χ2n) is 4.37. The van der Waals surface area contributed by atoms with Gasteiger partial charge in [-0.25, -0.2) is 4.79 Å². The molecule has 18 heavy (non-hydrogen) atoms. The molecule has 0 aliphatic carbocycles. The van der Waals surface area contributed by atoms with Gasteiger partial charge < -0.3 is 14.4 Å². The molecule has 4 nitrogen and oxygen atoms in total. The van der Waals surface area contributed by atoms with Crippen LogP contribution in [0.25, 0.3) is 10.9 Å². The maximum atomic E-state index is 11.8. The van der Waals surface area contributed by atoms with Crippen LogP contribution in [0.5, 0.6) is 0 Å². The molecule has 0 spiro atoms. The quantitative estimate of drug-likeness (QED) is 0.844. The number of rotatable bonds is 3. The van der Waals surface area contributed by atoms with Gasteiger partial charge in [-0.3, -0.25) is 0 Å². The van der Waals surface area contributed by atoms with Gasteiger partial charge in [0.25, 0.3) is 0 Å². The molecule has 0 saturated carbocycles. The number of fused-ring (bicyclic) bond motifs is 1. The minimum Gasteiger partial charge on any atom is -0.465 e. The Hall–Kier alpha value is -1.81. The van der Waals surface area contributed by atoms with Crippen LogP contribution >= 0.6 is 0 Å². The van der Waals surface area contributed by atoms with Gasteiger partial charge >= 0.3 is 5.97 Å². The monoisotopic (exact) mass is 247 g/mol. The van der Waals surface area contributed by atoms with Crippen LogP contribution in [-0.4, -0.2) is 29.4 Å². The summed E-state index contributed by atoms with van der Waals surface area (Å²) >= 11 is 0. The first kappa shape index (κ1) is 12.6. The summed E-state index contributed by atoms with van der Waals surface area (Å²) in [7, 11) is 1.38. The highest BCUT2D eigenvalue weighted by molar-refractivity contribution is 6.06. The zero-order valence-electron chi connectivity index (χ0n) is 10.9. The van der Waals surface area contributed by atoms with Gasteiger partial charge in [-0.2, -0.15) is 0 Å². The highest BCUT2D eigenvalue weighted by atomic mass is 16.5. The van der Waals surface area contributed by atoms with Gasteiger partial charge in [-0.1, -0.05) is 12.1 Å². The Kier molecular flexibility index (Phi) is 3.39. The first-order chi connectivity index (χ1) is 8.60. The van der Waals surface area contributed by atoms with E-state index in [0.717, 1.165) is 22.0 Å². The third-order valence-electron chi connectivity index (χ3n) is 3.18. The second kappa shape index (κ2) is 4.82. The summed E-state index contributed by atoms with van der Waals surface area (Å²) in [5, 5.41) is 10.0. The fraction of sp³-hybridized carbons (Fsp3) is 0.357. The van der Waals surface area contributed by atoms with Crippen molar-refractivity contribution in [1.82, 2.24) is 4.57 Å². The number of nitrogens with zero attached hydrogens (tertiary/aromatic N) is 1. The van der Waals surface area contributed by atoms with Crippen molar-refractivity contribution in [1.29, 1.82) is 0 Å². The predicted octanol–water partition coefficient (Wildman–Crippen LogP) is 2.04. The van der Waals surface area contributed by atoms with Crippen LogP contribution in [0.4, 0.5) is 0 Å². The molecule has 1 heterocycles. The molecule has 2 rings (SSSR count). The van der Waals surface area contributed by atoms with E-state index in [0.29, 0.717) is 12.1 Å². The topological polar surface area (TPSA) is 51.5 Å². The lowest BCUT2D eigenvalue weighted by Crippen LogP contribution is -2.02. The number of ether oxygens (including phenoxy) is 1. The number of methoxy groups -OCH3 is 1. The van der Waals surface area contributed by atoms with Gasteiger partial charge in [0.05, 0.1) is 24.8 Å². The Bertz CT molecular complexity index is 599. The lowest BCUT2D eigenvalue weighted by Gasteiger charge is -2.06. The van der Waals surface area contributed by atoms with Crippen LogP contribution in [-0.2, 0) is 11.3 Å². The summed E-state index contributed by atoms with van der Waals surface area (Å²) in [5.74, 6) is -0.342. The van der Waals surface area contributed by atoms with Gasteiger partial charge in [0.15, 0.2) is 0 Å². The van der Waals surface area contributed by atoms with Crippen LogP contribution in [0.15, 0.2) is 18.3 Å². The molecule has 1 N–H and O–H groups in total. The van der Waals surface area contributed by atoms with E-state index >= 15 is 0 Å². The Balaban J connectivity index is 2.80. The SMILES string of the molecule is COC(=O)c1cn(CCO)c2c(C)ccc(C)c12. The lowest BCUT2D eigenvalue weighted by molar-refractivity contribution is 0.0602. The van der Waals surface area contributed by atoms with Crippen LogP contribution in [0, 0.1) is 13.8 Å². The van der Waals surface area contributed by atoms with Gasteiger partial charge in [-0.05, 0) is 25.0 Å². The van der Waals surface area contributed by atoms with Gasteiger partial charge in [0.1, 0.15) is 0 Å². The van der Waals surface area contributed by atoms with Crippen molar-refractivity contribution in [2.24, 2.45) is 0 Å². The summed E-state index contributed by atoms with van der Waals surface area (Å²) < 4.78 is 6.72. The van der Waals surface area contributed by atoms with Crippen LogP contribution in [0.3, 0.4) is 0 Å². The van der Waals surface area contributed by atoms with Crippen molar-refractivity contribution in [2.75, 3.05) is 13.7 Å². The Morgan fingerprint density at radius 2 is 2.00 bits per heavy atom. The normalized spacial score (nSPS) is 10.9. The minimum atomic E-state index is -0.342. The molecular weight excluding hydrogens is 230 g/mol. The van der Waals surface area contributed by atoms with E-state index in [1.54, 1.807) is 6.20 Å². The van der Waals surface area contributed by atoms with Crippen molar-refractivity contribution in [3.05, 3.63) is 35.0 Å². The van der Waals surface area contributed by atoms with E-state index in [-0.39, 0.29) is 12.6 Å². The third-order valence-corrected chi connectivity index (χ3v) is 3.18. The van der Waals surface area contributed by atoms with E-state index in [9.17, 15) is 4.79 Å². The molecule has 0 bridgehead atoms. The number of aliphatic hydroxyl groups is 1. The zero-order valence-corrected chi connectivity index (χ0v) is 10.9. The molecule has 0 radical (unpaired) electrons. The van der Waals surface area contributed by atoms with Crippen molar-refractivity contribution in [3.8, 4) is 0 Å². The Morgan fingerprint density at radius 3 is 2.61 bits per heavy atom. The van der Waals surface area contributed by atoms with E-state index in [2.05, 4.69) is 0 Å². The number of aromatic nitrogens is 1. The van der Waals surface area contributed by atoms with Gasteiger partial charge in [0.2, 0.25) is 0 Å². The van der Waals surface area contributed by atoms with E-state index in [1.165, 1.54) is 7.11 Å². The molecular formula is C14H17NO3. The summed E-state index contributed by atoms with van der Waals surface area (Å²) in [6, 6.07) is 4.01. The maximum Gasteiger partial charge on any atom is 0.340 e. The van der Waals surface area contributed by atoms with Crippen LogP contribution in [0.2, 0.25) is 0 Å². The maximum absolute atomic E-state index is 11.8. The molecule has 0 aliphatic rings. The number of hydrogen-bond acceptors (Lipinski definition) is 3. The Morgan fingerprint density at radius 1 is 1.33 bits per heavy atom. The molecule has 96 valence electrons. The molecule has 0 amide bonds. The lowest BCUT2D eigenvalue weighted by atomic mass is 10.0. The highest BCUT2D eigenvalue weighted by Crippen LogP contribution is 2.28. The highest BCUT2D eigenvalue weighted by Gasteiger charge is 2.18.